The van der Waals surface area contributed by atoms with Crippen molar-refractivity contribution in [1.29, 1.82) is 0 Å². The van der Waals surface area contributed by atoms with Crippen LogP contribution in [0.15, 0.2) is 18.2 Å². The lowest BCUT2D eigenvalue weighted by atomic mass is 10.1. The Balaban J connectivity index is 2.00. The number of benzene rings is 1. The maximum atomic E-state index is 6.11. The lowest BCUT2D eigenvalue weighted by Crippen LogP contribution is -1.91. The molecular weight excluding hydrogens is 299 g/mol. The van der Waals surface area contributed by atoms with Gasteiger partial charge in [-0.15, -0.1) is 11.3 Å². The Morgan fingerprint density at radius 3 is 2.37 bits per heavy atom. The third-order valence-electron chi connectivity index (χ3n) is 3.51. The Morgan fingerprint density at radius 2 is 1.74 bits per heavy atom. The Bertz CT molecular complexity index is 583. The van der Waals surface area contributed by atoms with Gasteiger partial charge in [-0.2, -0.15) is 0 Å². The summed E-state index contributed by atoms with van der Waals surface area (Å²) in [5.41, 5.74) is 7.83. The highest BCUT2D eigenvalue weighted by Crippen LogP contribution is 2.41. The minimum absolute atomic E-state index is 0.579. The van der Waals surface area contributed by atoms with Crippen LogP contribution in [0.2, 0.25) is 10.0 Å². The largest absolute Gasteiger partial charge is 0.389 e. The molecule has 0 unspecified atom stereocenters. The lowest BCUT2D eigenvalue weighted by Gasteiger charge is -2.03. The van der Waals surface area contributed by atoms with Gasteiger partial charge in [-0.05, 0) is 31.0 Å². The molecule has 3 rings (SSSR count). The van der Waals surface area contributed by atoms with Crippen molar-refractivity contribution < 1.29 is 0 Å². The van der Waals surface area contributed by atoms with E-state index in [0.717, 1.165) is 21.3 Å². The average molecular weight is 313 g/mol. The number of nitrogens with zero attached hydrogens (tertiary/aromatic N) is 1. The van der Waals surface area contributed by atoms with Crippen LogP contribution in [-0.4, -0.2) is 4.98 Å². The third kappa shape index (κ3) is 2.73. The number of halogens is 2. The number of rotatable bonds is 2. The zero-order valence-electron chi connectivity index (χ0n) is 10.3. The van der Waals surface area contributed by atoms with Gasteiger partial charge in [0.2, 0.25) is 0 Å². The monoisotopic (exact) mass is 312 g/mol. The standard InChI is InChI=1S/C14H14Cl2N2S/c15-10-5-9(6-11(16)7-10)12-13(17)19-14(18-12)8-3-1-2-4-8/h5-8H,1-4,17H2. The summed E-state index contributed by atoms with van der Waals surface area (Å²) in [6.45, 7) is 0. The van der Waals surface area contributed by atoms with Gasteiger partial charge in [0.25, 0.3) is 0 Å². The molecule has 1 heterocycles. The van der Waals surface area contributed by atoms with Crippen molar-refractivity contribution in [2.75, 3.05) is 5.73 Å². The first-order valence-electron chi connectivity index (χ1n) is 6.36. The van der Waals surface area contributed by atoms with Crippen molar-refractivity contribution in [3.63, 3.8) is 0 Å². The molecule has 0 saturated heterocycles. The predicted molar refractivity (Wildman–Crippen MR) is 83.2 cm³/mol. The molecule has 5 heteroatoms. The summed E-state index contributed by atoms with van der Waals surface area (Å²) in [6, 6.07) is 5.43. The Hall–Kier alpha value is -0.770. The highest BCUT2D eigenvalue weighted by molar-refractivity contribution is 7.16. The van der Waals surface area contributed by atoms with Gasteiger partial charge < -0.3 is 5.73 Å². The summed E-state index contributed by atoms with van der Waals surface area (Å²) in [4.78, 5) is 4.72. The second kappa shape index (κ2) is 5.31. The molecule has 1 aromatic heterocycles. The number of thiazole rings is 1. The molecule has 0 amide bonds. The summed E-state index contributed by atoms with van der Waals surface area (Å²) in [6.07, 6.45) is 5.04. The first kappa shape index (κ1) is 13.2. The topological polar surface area (TPSA) is 38.9 Å². The van der Waals surface area contributed by atoms with Crippen molar-refractivity contribution in [1.82, 2.24) is 4.98 Å². The van der Waals surface area contributed by atoms with E-state index in [4.69, 9.17) is 33.9 Å². The predicted octanol–water partition coefficient (Wildman–Crippen LogP) is 5.36. The molecule has 0 atom stereocenters. The summed E-state index contributed by atoms with van der Waals surface area (Å²) in [5, 5.41) is 3.12. The SMILES string of the molecule is Nc1sc(C2CCCC2)nc1-c1cc(Cl)cc(Cl)c1. The molecule has 1 aromatic carbocycles. The minimum Gasteiger partial charge on any atom is -0.389 e. The van der Waals surface area contributed by atoms with Crippen molar-refractivity contribution in [2.45, 2.75) is 31.6 Å². The third-order valence-corrected chi connectivity index (χ3v) is 4.99. The molecule has 0 bridgehead atoms. The molecule has 1 aliphatic carbocycles. The van der Waals surface area contributed by atoms with Crippen LogP contribution in [0.4, 0.5) is 5.00 Å². The maximum Gasteiger partial charge on any atom is 0.114 e. The van der Waals surface area contributed by atoms with E-state index in [1.165, 1.54) is 25.7 Å². The smallest absolute Gasteiger partial charge is 0.114 e. The number of hydrogen-bond acceptors (Lipinski definition) is 3. The number of anilines is 1. The van der Waals surface area contributed by atoms with Crippen molar-refractivity contribution in [3.05, 3.63) is 33.3 Å². The quantitative estimate of drug-likeness (QED) is 0.811. The van der Waals surface area contributed by atoms with Gasteiger partial charge in [0, 0.05) is 21.5 Å². The van der Waals surface area contributed by atoms with E-state index in [-0.39, 0.29) is 0 Å². The van der Waals surface area contributed by atoms with E-state index >= 15 is 0 Å². The molecule has 0 radical (unpaired) electrons. The Morgan fingerprint density at radius 1 is 1.11 bits per heavy atom. The van der Waals surface area contributed by atoms with E-state index in [9.17, 15) is 0 Å². The van der Waals surface area contributed by atoms with E-state index in [1.807, 2.05) is 12.1 Å². The number of hydrogen-bond donors (Lipinski definition) is 1. The van der Waals surface area contributed by atoms with Crippen molar-refractivity contribution >= 4 is 39.5 Å². The van der Waals surface area contributed by atoms with E-state index < -0.39 is 0 Å². The Kier molecular flexibility index (Phi) is 3.70. The molecular formula is C14H14Cl2N2S. The molecule has 0 aliphatic heterocycles. The van der Waals surface area contributed by atoms with Gasteiger partial charge in [0.15, 0.2) is 0 Å². The first-order valence-corrected chi connectivity index (χ1v) is 7.93. The van der Waals surface area contributed by atoms with Gasteiger partial charge in [0.05, 0.1) is 5.01 Å². The van der Waals surface area contributed by atoms with Crippen LogP contribution in [0.5, 0.6) is 0 Å². The fraction of sp³-hybridized carbons (Fsp3) is 0.357. The fourth-order valence-corrected chi connectivity index (χ4v) is 4.14. The summed E-state index contributed by atoms with van der Waals surface area (Å²) >= 11 is 13.7. The summed E-state index contributed by atoms with van der Waals surface area (Å²) in [7, 11) is 0. The number of nitrogens with two attached hydrogens (primary N) is 1. The van der Waals surface area contributed by atoms with Crippen LogP contribution in [-0.2, 0) is 0 Å². The molecule has 100 valence electrons. The number of nitrogen functional groups attached to an aromatic ring is 1. The van der Waals surface area contributed by atoms with Gasteiger partial charge in [-0.3, -0.25) is 0 Å². The van der Waals surface area contributed by atoms with Gasteiger partial charge in [0.1, 0.15) is 10.7 Å². The van der Waals surface area contributed by atoms with Crippen LogP contribution in [0.25, 0.3) is 11.3 Å². The average Bonchev–Trinajstić information content (AvgIpc) is 2.95. The second-order valence-electron chi connectivity index (χ2n) is 4.90. The molecule has 1 fully saturated rings. The second-order valence-corrected chi connectivity index (χ2v) is 6.84. The highest BCUT2D eigenvalue weighted by Gasteiger charge is 2.22. The van der Waals surface area contributed by atoms with Gasteiger partial charge >= 0.3 is 0 Å². The highest BCUT2D eigenvalue weighted by atomic mass is 35.5. The summed E-state index contributed by atoms with van der Waals surface area (Å²) < 4.78 is 0. The molecule has 2 aromatic rings. The van der Waals surface area contributed by atoms with Crippen LogP contribution >= 0.6 is 34.5 Å². The van der Waals surface area contributed by atoms with Crippen LogP contribution in [0.1, 0.15) is 36.6 Å². The van der Waals surface area contributed by atoms with Gasteiger partial charge in [-0.1, -0.05) is 36.0 Å². The van der Waals surface area contributed by atoms with Gasteiger partial charge in [-0.25, -0.2) is 4.98 Å². The number of aromatic nitrogens is 1. The van der Waals surface area contributed by atoms with E-state index in [2.05, 4.69) is 0 Å². The Labute approximate surface area is 126 Å². The van der Waals surface area contributed by atoms with Crippen molar-refractivity contribution in [2.24, 2.45) is 0 Å². The zero-order valence-corrected chi connectivity index (χ0v) is 12.7. The molecule has 1 aliphatic rings. The van der Waals surface area contributed by atoms with E-state index in [0.29, 0.717) is 16.0 Å². The first-order chi connectivity index (χ1) is 9.13. The molecule has 1 saturated carbocycles. The normalized spacial score (nSPS) is 16.1. The van der Waals surface area contributed by atoms with Crippen molar-refractivity contribution in [3.8, 4) is 11.3 Å². The summed E-state index contributed by atoms with van der Waals surface area (Å²) in [5.74, 6) is 0.579. The molecule has 0 spiro atoms. The van der Waals surface area contributed by atoms with Crippen LogP contribution < -0.4 is 5.73 Å². The van der Waals surface area contributed by atoms with Crippen LogP contribution in [0.3, 0.4) is 0 Å². The maximum absolute atomic E-state index is 6.11. The minimum atomic E-state index is 0.579. The lowest BCUT2D eigenvalue weighted by molar-refractivity contribution is 0.717. The molecule has 19 heavy (non-hydrogen) atoms. The zero-order chi connectivity index (χ0) is 13.4. The van der Waals surface area contributed by atoms with Crippen LogP contribution in [0, 0.1) is 0 Å². The fourth-order valence-electron chi connectivity index (χ4n) is 2.59. The molecule has 2 N–H and O–H groups in total. The molecule has 2 nitrogen and oxygen atoms in total. The van der Waals surface area contributed by atoms with E-state index in [1.54, 1.807) is 17.4 Å².